The van der Waals surface area contributed by atoms with E-state index in [-0.39, 0.29) is 5.82 Å². The van der Waals surface area contributed by atoms with Crippen LogP contribution in [0, 0.1) is 0 Å². The molecule has 0 radical (unpaired) electrons. The van der Waals surface area contributed by atoms with Crippen LogP contribution in [0.25, 0.3) is 0 Å². The first kappa shape index (κ1) is 8.61. The molecule has 0 aromatic heterocycles. The van der Waals surface area contributed by atoms with Gasteiger partial charge >= 0.3 is 0 Å². The second-order valence-electron chi connectivity index (χ2n) is 1.58. The van der Waals surface area contributed by atoms with E-state index >= 15 is 0 Å². The van der Waals surface area contributed by atoms with Crippen molar-refractivity contribution in [2.45, 2.75) is 6.92 Å². The molecule has 0 spiro atoms. The monoisotopic (exact) mass is 142 g/mol. The topological polar surface area (TPSA) is 79.8 Å². The number of nitrogens with one attached hydrogen (secondary N) is 1. The lowest BCUT2D eigenvalue weighted by Crippen LogP contribution is -2.09. The summed E-state index contributed by atoms with van der Waals surface area (Å²) in [4.78, 5) is 9.66. The zero-order chi connectivity index (χ0) is 7.98. The van der Waals surface area contributed by atoms with Gasteiger partial charge in [-0.15, -0.1) is 10.2 Å². The maximum absolute atomic E-state index is 9.66. The van der Waals surface area contributed by atoms with Crippen LogP contribution in [-0.2, 0) is 4.79 Å². The van der Waals surface area contributed by atoms with Gasteiger partial charge < -0.3 is 11.1 Å². The minimum atomic E-state index is 0.217. The summed E-state index contributed by atoms with van der Waals surface area (Å²) < 4.78 is 0. The van der Waals surface area contributed by atoms with Crippen LogP contribution in [0.2, 0.25) is 0 Å². The van der Waals surface area contributed by atoms with Crippen molar-refractivity contribution in [1.29, 1.82) is 0 Å². The van der Waals surface area contributed by atoms with Gasteiger partial charge in [0.1, 0.15) is 0 Å². The van der Waals surface area contributed by atoms with Crippen LogP contribution in [0.4, 0.5) is 0 Å². The van der Waals surface area contributed by atoms with Gasteiger partial charge in [0, 0.05) is 7.05 Å². The number of azo groups is 1. The van der Waals surface area contributed by atoms with Crippen molar-refractivity contribution in [1.82, 2.24) is 5.32 Å². The Labute approximate surface area is 59.0 Å². The second-order valence-corrected chi connectivity index (χ2v) is 1.58. The Morgan fingerprint density at radius 1 is 1.70 bits per heavy atom. The molecule has 1 amide bonds. The molecule has 0 atom stereocenters. The fourth-order valence-corrected chi connectivity index (χ4v) is 0.289. The number of nitrogens with two attached hydrogens (primary N) is 1. The molecule has 0 fully saturated rings. The number of nitrogens with zero attached hydrogens (tertiary/aromatic N) is 2. The Morgan fingerprint density at radius 2 is 2.30 bits per heavy atom. The molecule has 0 heterocycles. The second kappa shape index (κ2) is 4.49. The molecule has 0 unspecified atom stereocenters. The summed E-state index contributed by atoms with van der Waals surface area (Å²) in [6.45, 7) is 1.74. The third kappa shape index (κ3) is 2.81. The van der Waals surface area contributed by atoms with Crippen LogP contribution in [0.1, 0.15) is 6.92 Å². The van der Waals surface area contributed by atoms with E-state index in [0.717, 1.165) is 0 Å². The van der Waals surface area contributed by atoms with E-state index in [9.17, 15) is 4.79 Å². The molecule has 0 aromatic carbocycles. The van der Waals surface area contributed by atoms with Crippen LogP contribution in [-0.4, -0.2) is 13.5 Å². The molecule has 56 valence electrons. The van der Waals surface area contributed by atoms with Gasteiger partial charge in [0.15, 0.2) is 5.82 Å². The Morgan fingerprint density at radius 3 is 2.70 bits per heavy atom. The van der Waals surface area contributed by atoms with E-state index in [1.165, 1.54) is 0 Å². The van der Waals surface area contributed by atoms with E-state index in [2.05, 4.69) is 15.5 Å². The average Bonchev–Trinajstić information content (AvgIpc) is 1.98. The lowest BCUT2D eigenvalue weighted by molar-refractivity contribution is -0.107. The first-order valence-corrected chi connectivity index (χ1v) is 2.71. The van der Waals surface area contributed by atoms with Gasteiger partial charge in [-0.25, -0.2) is 0 Å². The predicted molar refractivity (Wildman–Crippen MR) is 36.9 cm³/mol. The number of hydrogen-bond donors (Lipinski definition) is 2. The number of hydrogen-bond acceptors (Lipinski definition) is 4. The van der Waals surface area contributed by atoms with Crippen LogP contribution >= 0.6 is 0 Å². The fraction of sp³-hybridized carbons (Fsp3) is 0.400. The number of amides is 1. The summed E-state index contributed by atoms with van der Waals surface area (Å²) in [6.07, 6.45) is 0.329. The highest BCUT2D eigenvalue weighted by molar-refractivity contribution is 5.46. The van der Waals surface area contributed by atoms with Gasteiger partial charge in [0.05, 0.1) is 5.70 Å². The molecule has 0 aliphatic heterocycles. The lowest BCUT2D eigenvalue weighted by atomic mass is 10.5. The molecule has 0 aliphatic rings. The number of allylic oxidation sites excluding steroid dienone is 1. The van der Waals surface area contributed by atoms with Crippen molar-refractivity contribution in [3.8, 4) is 0 Å². The highest BCUT2D eigenvalue weighted by Crippen LogP contribution is 1.93. The quantitative estimate of drug-likeness (QED) is 0.428. The lowest BCUT2D eigenvalue weighted by Gasteiger charge is -1.98. The molecule has 0 rings (SSSR count). The molecule has 0 saturated carbocycles. The van der Waals surface area contributed by atoms with Crippen molar-refractivity contribution < 1.29 is 4.79 Å². The van der Waals surface area contributed by atoms with Crippen molar-refractivity contribution in [3.05, 3.63) is 11.5 Å². The normalized spacial score (nSPS) is 13.0. The molecule has 0 aromatic rings. The van der Waals surface area contributed by atoms with Crippen molar-refractivity contribution >= 4 is 6.41 Å². The summed E-state index contributed by atoms with van der Waals surface area (Å²) in [5.74, 6) is 0.217. The molecule has 3 N–H and O–H groups in total. The van der Waals surface area contributed by atoms with Crippen LogP contribution in [0.15, 0.2) is 21.7 Å². The van der Waals surface area contributed by atoms with Crippen LogP contribution in [0.3, 0.4) is 0 Å². The van der Waals surface area contributed by atoms with E-state index < -0.39 is 0 Å². The SMILES string of the molecule is CN/C(C)=C(N)\N=N/C=O. The zero-order valence-electron chi connectivity index (χ0n) is 5.96. The van der Waals surface area contributed by atoms with Crippen molar-refractivity contribution in [3.63, 3.8) is 0 Å². The first-order valence-electron chi connectivity index (χ1n) is 2.71. The Balaban J connectivity index is 4.17. The Hall–Kier alpha value is -1.39. The molecule has 5 heteroatoms. The molecule has 0 aliphatic carbocycles. The van der Waals surface area contributed by atoms with E-state index in [4.69, 9.17) is 5.73 Å². The zero-order valence-corrected chi connectivity index (χ0v) is 5.96. The smallest absolute Gasteiger partial charge is 0.252 e. The van der Waals surface area contributed by atoms with E-state index in [0.29, 0.717) is 12.1 Å². The summed E-state index contributed by atoms with van der Waals surface area (Å²) in [7, 11) is 1.71. The highest BCUT2D eigenvalue weighted by Gasteiger charge is 1.89. The Bertz CT molecular complexity index is 172. The molecular formula is C5H10N4O. The molecular weight excluding hydrogens is 132 g/mol. The number of carbonyl (C=O) groups excluding carboxylic acids is 1. The summed E-state index contributed by atoms with van der Waals surface area (Å²) in [5, 5.41) is 9.19. The van der Waals surface area contributed by atoms with E-state index in [1.807, 2.05) is 0 Å². The highest BCUT2D eigenvalue weighted by atomic mass is 16.1. The summed E-state index contributed by atoms with van der Waals surface area (Å²) in [6, 6.07) is 0. The standard InChI is InChI=1S/C5H10N4O/c1-4(7-2)5(6)9-8-3-10/h3,7H,6H2,1-2H3/b5-4-,9-8-. The van der Waals surface area contributed by atoms with Gasteiger partial charge in [-0.2, -0.15) is 0 Å². The van der Waals surface area contributed by atoms with Crippen molar-refractivity contribution in [2.75, 3.05) is 7.05 Å². The first-order chi connectivity index (χ1) is 4.72. The average molecular weight is 142 g/mol. The van der Waals surface area contributed by atoms with Gasteiger partial charge in [0.2, 0.25) is 0 Å². The van der Waals surface area contributed by atoms with Gasteiger partial charge in [-0.1, -0.05) is 0 Å². The molecule has 5 nitrogen and oxygen atoms in total. The van der Waals surface area contributed by atoms with Gasteiger partial charge in [-0.05, 0) is 6.92 Å². The minimum absolute atomic E-state index is 0.217. The predicted octanol–water partition coefficient (Wildman–Crippen LogP) is -0.0379. The van der Waals surface area contributed by atoms with Gasteiger partial charge in [-0.3, -0.25) is 4.79 Å². The number of carbonyl (C=O) groups is 1. The van der Waals surface area contributed by atoms with Gasteiger partial charge in [0.25, 0.3) is 6.41 Å². The maximum atomic E-state index is 9.66. The third-order valence-electron chi connectivity index (χ3n) is 0.972. The summed E-state index contributed by atoms with van der Waals surface area (Å²) in [5.41, 5.74) is 6.00. The van der Waals surface area contributed by atoms with E-state index in [1.54, 1.807) is 14.0 Å². The maximum Gasteiger partial charge on any atom is 0.252 e. The molecule has 0 saturated heterocycles. The number of rotatable bonds is 3. The third-order valence-corrected chi connectivity index (χ3v) is 0.972. The van der Waals surface area contributed by atoms with Crippen LogP contribution in [0.5, 0.6) is 0 Å². The molecule has 0 bridgehead atoms. The fourth-order valence-electron chi connectivity index (χ4n) is 0.289. The molecule has 10 heavy (non-hydrogen) atoms. The largest absolute Gasteiger partial charge is 0.389 e. The Kier molecular flexibility index (Phi) is 3.86. The summed E-state index contributed by atoms with van der Waals surface area (Å²) >= 11 is 0. The minimum Gasteiger partial charge on any atom is -0.389 e. The van der Waals surface area contributed by atoms with Crippen molar-refractivity contribution in [2.24, 2.45) is 16.0 Å². The van der Waals surface area contributed by atoms with Crippen LogP contribution < -0.4 is 11.1 Å².